The molecule has 0 heterocycles. The highest BCUT2D eigenvalue weighted by molar-refractivity contribution is 6.30. The second-order valence-corrected chi connectivity index (χ2v) is 5.01. The first kappa shape index (κ1) is 15.4. The van der Waals surface area contributed by atoms with Crippen LogP contribution < -0.4 is 10.5 Å². The molecule has 4 nitrogen and oxygen atoms in total. The van der Waals surface area contributed by atoms with Gasteiger partial charge >= 0.3 is 0 Å². The van der Waals surface area contributed by atoms with Gasteiger partial charge in [0.25, 0.3) is 0 Å². The first-order valence-electron chi connectivity index (χ1n) is 6.43. The van der Waals surface area contributed by atoms with Crippen molar-refractivity contribution in [3.05, 3.63) is 64.2 Å². The SMILES string of the molecule is COc1cc(COCc2cccc(Cl)c2)ccc1C(=N)N. The number of nitrogens with two attached hydrogens (primary N) is 1. The van der Waals surface area contributed by atoms with Crippen molar-refractivity contribution in [3.63, 3.8) is 0 Å². The second-order valence-electron chi connectivity index (χ2n) is 4.57. The summed E-state index contributed by atoms with van der Waals surface area (Å²) in [5.41, 5.74) is 8.05. The molecule has 0 aliphatic heterocycles. The summed E-state index contributed by atoms with van der Waals surface area (Å²) in [6.07, 6.45) is 0. The largest absolute Gasteiger partial charge is 0.496 e. The van der Waals surface area contributed by atoms with Crippen LogP contribution in [0.3, 0.4) is 0 Å². The van der Waals surface area contributed by atoms with Crippen LogP contribution in [0.4, 0.5) is 0 Å². The zero-order valence-corrected chi connectivity index (χ0v) is 12.5. The van der Waals surface area contributed by atoms with Crippen molar-refractivity contribution in [3.8, 4) is 5.75 Å². The minimum absolute atomic E-state index is 0.0155. The van der Waals surface area contributed by atoms with E-state index in [0.717, 1.165) is 11.1 Å². The highest BCUT2D eigenvalue weighted by Gasteiger charge is 2.07. The maximum absolute atomic E-state index is 7.47. The molecule has 0 radical (unpaired) electrons. The molecule has 5 heteroatoms. The lowest BCUT2D eigenvalue weighted by molar-refractivity contribution is 0.107. The quantitative estimate of drug-likeness (QED) is 0.635. The van der Waals surface area contributed by atoms with Crippen molar-refractivity contribution in [1.29, 1.82) is 5.41 Å². The summed E-state index contributed by atoms with van der Waals surface area (Å²) in [6.45, 7) is 0.929. The van der Waals surface area contributed by atoms with Crippen LogP contribution in [0.5, 0.6) is 5.75 Å². The molecule has 21 heavy (non-hydrogen) atoms. The zero-order valence-electron chi connectivity index (χ0n) is 11.7. The zero-order chi connectivity index (χ0) is 15.2. The molecule has 0 aromatic heterocycles. The summed E-state index contributed by atoms with van der Waals surface area (Å²) in [6, 6.07) is 13.0. The number of benzene rings is 2. The average molecular weight is 305 g/mol. The average Bonchev–Trinajstić information content (AvgIpc) is 2.47. The summed E-state index contributed by atoms with van der Waals surface area (Å²) in [5, 5.41) is 8.17. The molecule has 2 aromatic carbocycles. The molecule has 2 rings (SSSR count). The van der Waals surface area contributed by atoms with Crippen molar-refractivity contribution in [2.45, 2.75) is 13.2 Å². The van der Waals surface area contributed by atoms with Crippen LogP contribution in [0.2, 0.25) is 5.02 Å². The third kappa shape index (κ3) is 4.21. The Bertz CT molecular complexity index is 644. The number of methoxy groups -OCH3 is 1. The highest BCUT2D eigenvalue weighted by Crippen LogP contribution is 2.20. The number of halogens is 1. The van der Waals surface area contributed by atoms with Crippen LogP contribution in [-0.2, 0) is 18.0 Å². The predicted molar refractivity (Wildman–Crippen MR) is 84.0 cm³/mol. The molecule has 0 fully saturated rings. The van der Waals surface area contributed by atoms with Gasteiger partial charge in [0.1, 0.15) is 11.6 Å². The second kappa shape index (κ2) is 7.11. The van der Waals surface area contributed by atoms with E-state index in [9.17, 15) is 0 Å². The van der Waals surface area contributed by atoms with E-state index in [1.807, 2.05) is 36.4 Å². The molecule has 0 unspecified atom stereocenters. The normalized spacial score (nSPS) is 10.4. The van der Waals surface area contributed by atoms with Crippen LogP contribution in [0, 0.1) is 5.41 Å². The van der Waals surface area contributed by atoms with Gasteiger partial charge in [-0.05, 0) is 35.4 Å². The van der Waals surface area contributed by atoms with E-state index in [0.29, 0.717) is 29.5 Å². The van der Waals surface area contributed by atoms with Crippen molar-refractivity contribution < 1.29 is 9.47 Å². The van der Waals surface area contributed by atoms with Gasteiger partial charge in [-0.1, -0.05) is 29.8 Å². The van der Waals surface area contributed by atoms with Crippen LogP contribution in [0.1, 0.15) is 16.7 Å². The topological polar surface area (TPSA) is 68.3 Å². The summed E-state index contributed by atoms with van der Waals surface area (Å²) in [7, 11) is 1.55. The van der Waals surface area contributed by atoms with Crippen LogP contribution in [-0.4, -0.2) is 12.9 Å². The van der Waals surface area contributed by atoms with E-state index in [-0.39, 0.29) is 5.84 Å². The molecule has 0 bridgehead atoms. The standard InChI is InChI=1S/C16H17ClN2O2/c1-20-15-8-12(5-6-14(15)16(18)19)10-21-9-11-3-2-4-13(17)7-11/h2-8H,9-10H2,1H3,(H3,18,19). The number of amidine groups is 1. The van der Waals surface area contributed by atoms with Gasteiger partial charge in [0.2, 0.25) is 0 Å². The van der Waals surface area contributed by atoms with E-state index < -0.39 is 0 Å². The number of hydrogen-bond acceptors (Lipinski definition) is 3. The molecule has 2 aromatic rings. The Kier molecular flexibility index (Phi) is 5.20. The summed E-state index contributed by atoms with van der Waals surface area (Å²) in [5.74, 6) is 0.560. The van der Waals surface area contributed by atoms with Crippen LogP contribution >= 0.6 is 11.6 Å². The Labute approximate surface area is 129 Å². The molecule has 110 valence electrons. The van der Waals surface area contributed by atoms with E-state index in [4.69, 9.17) is 32.2 Å². The minimum atomic E-state index is -0.0155. The van der Waals surface area contributed by atoms with E-state index in [2.05, 4.69) is 0 Å². The van der Waals surface area contributed by atoms with Crippen LogP contribution in [0.15, 0.2) is 42.5 Å². The smallest absolute Gasteiger partial charge is 0.130 e. The Morgan fingerprint density at radius 2 is 1.86 bits per heavy atom. The van der Waals surface area contributed by atoms with Gasteiger partial charge in [-0.2, -0.15) is 0 Å². The van der Waals surface area contributed by atoms with Crippen molar-refractivity contribution in [2.75, 3.05) is 7.11 Å². The predicted octanol–water partition coefficient (Wildman–Crippen LogP) is 3.35. The molecule has 0 aliphatic carbocycles. The minimum Gasteiger partial charge on any atom is -0.496 e. The fourth-order valence-corrected chi connectivity index (χ4v) is 2.17. The number of ether oxygens (including phenoxy) is 2. The lowest BCUT2D eigenvalue weighted by Crippen LogP contribution is -2.12. The van der Waals surface area contributed by atoms with Crippen molar-refractivity contribution in [1.82, 2.24) is 0 Å². The third-order valence-electron chi connectivity index (χ3n) is 2.98. The molecular weight excluding hydrogens is 288 g/mol. The third-order valence-corrected chi connectivity index (χ3v) is 3.22. The first-order chi connectivity index (χ1) is 10.1. The molecular formula is C16H17ClN2O2. The number of rotatable bonds is 6. The van der Waals surface area contributed by atoms with Crippen molar-refractivity contribution >= 4 is 17.4 Å². The number of hydrogen-bond donors (Lipinski definition) is 2. The molecule has 0 saturated heterocycles. The van der Waals surface area contributed by atoms with Crippen LogP contribution in [0.25, 0.3) is 0 Å². The Morgan fingerprint density at radius 1 is 1.14 bits per heavy atom. The molecule has 0 aliphatic rings. The monoisotopic (exact) mass is 304 g/mol. The Balaban J connectivity index is 1.99. The van der Waals surface area contributed by atoms with E-state index in [1.165, 1.54) is 0 Å². The van der Waals surface area contributed by atoms with Gasteiger partial charge < -0.3 is 15.2 Å². The fourth-order valence-electron chi connectivity index (χ4n) is 1.96. The maximum atomic E-state index is 7.47. The fraction of sp³-hybridized carbons (Fsp3) is 0.188. The maximum Gasteiger partial charge on any atom is 0.130 e. The summed E-state index contributed by atoms with van der Waals surface area (Å²) >= 11 is 5.92. The van der Waals surface area contributed by atoms with Gasteiger partial charge in [0.05, 0.1) is 25.9 Å². The van der Waals surface area contributed by atoms with E-state index in [1.54, 1.807) is 13.2 Å². The Hall–Kier alpha value is -2.04. The molecule has 0 amide bonds. The van der Waals surface area contributed by atoms with Gasteiger partial charge in [0.15, 0.2) is 0 Å². The molecule has 0 saturated carbocycles. The van der Waals surface area contributed by atoms with Gasteiger partial charge in [-0.15, -0.1) is 0 Å². The summed E-state index contributed by atoms with van der Waals surface area (Å²) < 4.78 is 10.9. The lowest BCUT2D eigenvalue weighted by Gasteiger charge is -2.10. The molecule has 0 atom stereocenters. The lowest BCUT2D eigenvalue weighted by atomic mass is 10.1. The van der Waals surface area contributed by atoms with Gasteiger partial charge in [-0.25, -0.2) is 0 Å². The molecule has 3 N–H and O–H groups in total. The first-order valence-corrected chi connectivity index (χ1v) is 6.81. The number of nitrogens with one attached hydrogen (secondary N) is 1. The van der Waals surface area contributed by atoms with Gasteiger partial charge in [-0.3, -0.25) is 5.41 Å². The van der Waals surface area contributed by atoms with E-state index >= 15 is 0 Å². The van der Waals surface area contributed by atoms with Gasteiger partial charge in [0, 0.05) is 5.02 Å². The number of nitrogen functional groups attached to an aromatic ring is 1. The summed E-state index contributed by atoms with van der Waals surface area (Å²) in [4.78, 5) is 0. The molecule has 0 spiro atoms. The van der Waals surface area contributed by atoms with Crippen molar-refractivity contribution in [2.24, 2.45) is 5.73 Å². The Morgan fingerprint density at radius 3 is 2.48 bits per heavy atom. The highest BCUT2D eigenvalue weighted by atomic mass is 35.5.